The maximum atomic E-state index is 5.42. The standard InChI is InChI=1S/C8H12O/c1-2-6-9-8(3-1)7-4-5-7/h2,6-8H,1,3-5H2. The molecular weight excluding hydrogens is 112 g/mol. The molecule has 2 rings (SSSR count). The second kappa shape index (κ2) is 2.05. The van der Waals surface area contributed by atoms with E-state index in [9.17, 15) is 0 Å². The lowest BCUT2D eigenvalue weighted by molar-refractivity contribution is 0.104. The zero-order chi connectivity index (χ0) is 6.10. The summed E-state index contributed by atoms with van der Waals surface area (Å²) < 4.78 is 5.42. The summed E-state index contributed by atoms with van der Waals surface area (Å²) in [6, 6.07) is 0. The van der Waals surface area contributed by atoms with Gasteiger partial charge in [0.2, 0.25) is 0 Å². The van der Waals surface area contributed by atoms with Crippen molar-refractivity contribution < 1.29 is 4.74 Å². The van der Waals surface area contributed by atoms with Crippen LogP contribution in [0.3, 0.4) is 0 Å². The molecule has 1 fully saturated rings. The van der Waals surface area contributed by atoms with E-state index in [0.717, 1.165) is 5.92 Å². The van der Waals surface area contributed by atoms with E-state index in [1.165, 1.54) is 25.7 Å². The maximum Gasteiger partial charge on any atom is 0.101 e. The minimum absolute atomic E-state index is 0.579. The van der Waals surface area contributed by atoms with Crippen LogP contribution in [0.15, 0.2) is 12.3 Å². The quantitative estimate of drug-likeness (QED) is 0.520. The first-order valence-corrected chi connectivity index (χ1v) is 3.77. The minimum atomic E-state index is 0.579. The molecule has 0 aromatic carbocycles. The van der Waals surface area contributed by atoms with Gasteiger partial charge in [0.15, 0.2) is 0 Å². The Kier molecular flexibility index (Phi) is 1.22. The molecule has 1 aliphatic carbocycles. The number of ether oxygens (including phenoxy) is 1. The highest BCUT2D eigenvalue weighted by Crippen LogP contribution is 2.37. The highest BCUT2D eigenvalue weighted by molar-refractivity contribution is 4.90. The molecule has 1 nitrogen and oxygen atoms in total. The van der Waals surface area contributed by atoms with Gasteiger partial charge in [-0.05, 0) is 37.7 Å². The number of rotatable bonds is 1. The van der Waals surface area contributed by atoms with E-state index in [0.29, 0.717) is 6.10 Å². The van der Waals surface area contributed by atoms with Crippen LogP contribution in [0.1, 0.15) is 25.7 Å². The van der Waals surface area contributed by atoms with Gasteiger partial charge in [0.05, 0.1) is 6.26 Å². The smallest absolute Gasteiger partial charge is 0.101 e. The van der Waals surface area contributed by atoms with E-state index in [1.807, 2.05) is 6.26 Å². The van der Waals surface area contributed by atoms with Gasteiger partial charge >= 0.3 is 0 Å². The van der Waals surface area contributed by atoms with Crippen LogP contribution < -0.4 is 0 Å². The molecule has 0 spiro atoms. The van der Waals surface area contributed by atoms with Crippen LogP contribution in [-0.2, 0) is 4.74 Å². The van der Waals surface area contributed by atoms with Gasteiger partial charge in [0.25, 0.3) is 0 Å². The van der Waals surface area contributed by atoms with Gasteiger partial charge in [0, 0.05) is 0 Å². The Labute approximate surface area is 55.7 Å². The lowest BCUT2D eigenvalue weighted by atomic mass is 10.1. The molecule has 0 amide bonds. The highest BCUT2D eigenvalue weighted by Gasteiger charge is 2.32. The Bertz CT molecular complexity index is 125. The summed E-state index contributed by atoms with van der Waals surface area (Å²) in [4.78, 5) is 0. The van der Waals surface area contributed by atoms with Crippen molar-refractivity contribution in [2.45, 2.75) is 31.8 Å². The van der Waals surface area contributed by atoms with Crippen LogP contribution in [0.4, 0.5) is 0 Å². The van der Waals surface area contributed by atoms with E-state index in [4.69, 9.17) is 4.74 Å². The Morgan fingerprint density at radius 2 is 2.11 bits per heavy atom. The first-order valence-electron chi connectivity index (χ1n) is 3.77. The van der Waals surface area contributed by atoms with Gasteiger partial charge in [0.1, 0.15) is 6.10 Å². The van der Waals surface area contributed by atoms with E-state index in [-0.39, 0.29) is 0 Å². The molecule has 9 heavy (non-hydrogen) atoms. The number of hydrogen-bond acceptors (Lipinski definition) is 1. The van der Waals surface area contributed by atoms with Gasteiger partial charge in [-0.3, -0.25) is 0 Å². The van der Waals surface area contributed by atoms with Crippen molar-refractivity contribution in [2.75, 3.05) is 0 Å². The van der Waals surface area contributed by atoms with Gasteiger partial charge in [-0.1, -0.05) is 0 Å². The Balaban J connectivity index is 1.89. The van der Waals surface area contributed by atoms with Crippen LogP contribution >= 0.6 is 0 Å². The molecule has 0 aromatic rings. The van der Waals surface area contributed by atoms with Crippen molar-refractivity contribution >= 4 is 0 Å². The summed E-state index contributed by atoms with van der Waals surface area (Å²) in [5.74, 6) is 0.912. The van der Waals surface area contributed by atoms with Gasteiger partial charge < -0.3 is 4.74 Å². The number of hydrogen-bond donors (Lipinski definition) is 0. The van der Waals surface area contributed by atoms with E-state index < -0.39 is 0 Å². The first kappa shape index (κ1) is 5.33. The largest absolute Gasteiger partial charge is 0.498 e. The average Bonchev–Trinajstić information content (AvgIpc) is 2.71. The molecule has 1 unspecified atom stereocenters. The summed E-state index contributed by atoms with van der Waals surface area (Å²) in [6.07, 6.45) is 9.83. The summed E-state index contributed by atoms with van der Waals surface area (Å²) >= 11 is 0. The second-order valence-electron chi connectivity index (χ2n) is 2.96. The average molecular weight is 124 g/mol. The molecule has 1 saturated carbocycles. The third-order valence-electron chi connectivity index (χ3n) is 2.12. The molecule has 1 heterocycles. The van der Waals surface area contributed by atoms with E-state index >= 15 is 0 Å². The fraction of sp³-hybridized carbons (Fsp3) is 0.750. The molecule has 0 aromatic heterocycles. The SMILES string of the molecule is C1=COC(C2CC2)CC1. The normalized spacial score (nSPS) is 34.0. The van der Waals surface area contributed by atoms with E-state index in [1.54, 1.807) is 0 Å². The van der Waals surface area contributed by atoms with Gasteiger partial charge in [-0.25, -0.2) is 0 Å². The molecule has 0 radical (unpaired) electrons. The third-order valence-corrected chi connectivity index (χ3v) is 2.12. The zero-order valence-electron chi connectivity index (χ0n) is 5.55. The monoisotopic (exact) mass is 124 g/mol. The van der Waals surface area contributed by atoms with Crippen molar-refractivity contribution in [3.63, 3.8) is 0 Å². The topological polar surface area (TPSA) is 9.23 Å². The predicted octanol–water partition coefficient (Wildman–Crippen LogP) is 2.09. The predicted molar refractivity (Wildman–Crippen MR) is 36.0 cm³/mol. The summed E-state index contributed by atoms with van der Waals surface area (Å²) in [6.45, 7) is 0. The Hall–Kier alpha value is -0.460. The van der Waals surface area contributed by atoms with Gasteiger partial charge in [-0.15, -0.1) is 0 Å². The molecule has 0 N–H and O–H groups in total. The maximum absolute atomic E-state index is 5.42. The molecular formula is C8H12O. The molecule has 0 bridgehead atoms. The Morgan fingerprint density at radius 1 is 1.22 bits per heavy atom. The van der Waals surface area contributed by atoms with Gasteiger partial charge in [-0.2, -0.15) is 0 Å². The number of allylic oxidation sites excluding steroid dienone is 1. The van der Waals surface area contributed by atoms with Crippen molar-refractivity contribution in [1.29, 1.82) is 0 Å². The van der Waals surface area contributed by atoms with Crippen LogP contribution in [0, 0.1) is 5.92 Å². The summed E-state index contributed by atoms with van der Waals surface area (Å²) in [5, 5.41) is 0. The van der Waals surface area contributed by atoms with Crippen LogP contribution in [0.25, 0.3) is 0 Å². The van der Waals surface area contributed by atoms with Crippen LogP contribution in [0.2, 0.25) is 0 Å². The summed E-state index contributed by atoms with van der Waals surface area (Å²) in [5.41, 5.74) is 0. The second-order valence-corrected chi connectivity index (χ2v) is 2.96. The fourth-order valence-corrected chi connectivity index (χ4v) is 1.37. The van der Waals surface area contributed by atoms with Crippen molar-refractivity contribution in [2.24, 2.45) is 5.92 Å². The fourth-order valence-electron chi connectivity index (χ4n) is 1.37. The molecule has 0 saturated heterocycles. The lowest BCUT2D eigenvalue weighted by Crippen LogP contribution is -2.14. The van der Waals surface area contributed by atoms with Crippen molar-refractivity contribution in [3.05, 3.63) is 12.3 Å². The highest BCUT2D eigenvalue weighted by atomic mass is 16.5. The molecule has 1 heteroatoms. The van der Waals surface area contributed by atoms with E-state index in [2.05, 4.69) is 6.08 Å². The molecule has 1 atom stereocenters. The molecule has 1 aliphatic heterocycles. The van der Waals surface area contributed by atoms with Crippen molar-refractivity contribution in [1.82, 2.24) is 0 Å². The van der Waals surface area contributed by atoms with Crippen molar-refractivity contribution in [3.8, 4) is 0 Å². The minimum Gasteiger partial charge on any atom is -0.498 e. The third kappa shape index (κ3) is 1.09. The van der Waals surface area contributed by atoms with Crippen LogP contribution in [0.5, 0.6) is 0 Å². The zero-order valence-corrected chi connectivity index (χ0v) is 5.55. The summed E-state index contributed by atoms with van der Waals surface area (Å²) in [7, 11) is 0. The Morgan fingerprint density at radius 3 is 2.67 bits per heavy atom. The molecule has 2 aliphatic rings. The lowest BCUT2D eigenvalue weighted by Gasteiger charge is -2.18. The van der Waals surface area contributed by atoms with Crippen LogP contribution in [-0.4, -0.2) is 6.10 Å². The molecule has 50 valence electrons. The first-order chi connectivity index (χ1) is 4.47.